The molecule has 1 aromatic carbocycles. The molecule has 1 fully saturated rings. The Bertz CT molecular complexity index is 732. The highest BCUT2D eigenvalue weighted by Gasteiger charge is 2.43. The van der Waals surface area contributed by atoms with Gasteiger partial charge in [-0.3, -0.25) is 0 Å². The molecule has 0 aliphatic carbocycles. The van der Waals surface area contributed by atoms with E-state index in [1.807, 2.05) is 41.1 Å². The molecule has 114 valence electrons. The Balaban J connectivity index is 1.78. The van der Waals surface area contributed by atoms with Crippen LogP contribution in [0, 0.1) is 0 Å². The summed E-state index contributed by atoms with van der Waals surface area (Å²) in [5, 5.41) is 1.05. The van der Waals surface area contributed by atoms with Crippen molar-refractivity contribution >= 4 is 11.0 Å². The first kappa shape index (κ1) is 13.5. The maximum Gasteiger partial charge on any atom is 0.247 e. The summed E-state index contributed by atoms with van der Waals surface area (Å²) in [6.07, 6.45) is 6.41. The number of ether oxygens (including phenoxy) is 2. The lowest BCUT2D eigenvalue weighted by atomic mass is 10.1. The molecule has 1 saturated heterocycles. The van der Waals surface area contributed by atoms with E-state index in [4.69, 9.17) is 13.9 Å². The van der Waals surface area contributed by atoms with E-state index in [9.17, 15) is 0 Å². The lowest BCUT2D eigenvalue weighted by Gasteiger charge is -2.38. The fourth-order valence-electron chi connectivity index (χ4n) is 2.89. The van der Waals surface area contributed by atoms with Crippen LogP contribution in [0.4, 0.5) is 0 Å². The summed E-state index contributed by atoms with van der Waals surface area (Å²) in [5.74, 6) is -0.203. The number of furan rings is 1. The van der Waals surface area contributed by atoms with Gasteiger partial charge in [-0.1, -0.05) is 18.2 Å². The van der Waals surface area contributed by atoms with Gasteiger partial charge in [-0.15, -0.1) is 0 Å². The van der Waals surface area contributed by atoms with Crippen molar-refractivity contribution in [2.75, 3.05) is 6.61 Å². The second kappa shape index (κ2) is 5.26. The van der Waals surface area contributed by atoms with Crippen molar-refractivity contribution in [3.63, 3.8) is 0 Å². The highest BCUT2D eigenvalue weighted by Crippen LogP contribution is 2.37. The maximum atomic E-state index is 6.20. The van der Waals surface area contributed by atoms with Crippen molar-refractivity contribution in [3.8, 4) is 0 Å². The first-order valence-electron chi connectivity index (χ1n) is 7.52. The van der Waals surface area contributed by atoms with Gasteiger partial charge in [0.25, 0.3) is 0 Å². The lowest BCUT2D eigenvalue weighted by molar-refractivity contribution is -0.313. The van der Waals surface area contributed by atoms with Crippen LogP contribution in [-0.2, 0) is 21.8 Å². The van der Waals surface area contributed by atoms with Crippen molar-refractivity contribution < 1.29 is 13.9 Å². The molecule has 2 aromatic heterocycles. The standard InChI is InChI=1S/C17H18N2O3/c1-13-6-9-20-17(22-13,11-19-8-7-18-12-19)16-10-14-4-2-3-5-15(14)21-16/h2-5,7-8,10,12-13H,6,9,11H2,1H3. The van der Waals surface area contributed by atoms with Gasteiger partial charge >= 0.3 is 0 Å². The minimum absolute atomic E-state index is 0.116. The van der Waals surface area contributed by atoms with E-state index in [1.165, 1.54) is 0 Å². The number of aromatic nitrogens is 2. The molecule has 0 bridgehead atoms. The molecule has 0 saturated carbocycles. The number of hydrogen-bond acceptors (Lipinski definition) is 4. The second-order valence-corrected chi connectivity index (χ2v) is 5.70. The van der Waals surface area contributed by atoms with Crippen molar-refractivity contribution in [2.24, 2.45) is 0 Å². The average molecular weight is 298 g/mol. The van der Waals surface area contributed by atoms with Crippen LogP contribution >= 0.6 is 0 Å². The number of hydrogen-bond donors (Lipinski definition) is 0. The molecule has 22 heavy (non-hydrogen) atoms. The molecule has 2 atom stereocenters. The summed E-state index contributed by atoms with van der Waals surface area (Å²) >= 11 is 0. The molecule has 3 heterocycles. The Morgan fingerprint density at radius 1 is 1.36 bits per heavy atom. The average Bonchev–Trinajstić information content (AvgIpc) is 3.16. The molecule has 1 aliphatic rings. The predicted molar refractivity (Wildman–Crippen MR) is 81.2 cm³/mol. The fraction of sp³-hybridized carbons (Fsp3) is 0.353. The van der Waals surface area contributed by atoms with Gasteiger partial charge in [0, 0.05) is 17.8 Å². The highest BCUT2D eigenvalue weighted by molar-refractivity contribution is 5.77. The van der Waals surface area contributed by atoms with E-state index in [-0.39, 0.29) is 6.10 Å². The normalized spacial score (nSPS) is 25.6. The van der Waals surface area contributed by atoms with Crippen LogP contribution < -0.4 is 0 Å². The third-order valence-electron chi connectivity index (χ3n) is 4.00. The Morgan fingerprint density at radius 2 is 2.27 bits per heavy atom. The molecule has 0 radical (unpaired) electrons. The third kappa shape index (κ3) is 2.32. The van der Waals surface area contributed by atoms with Crippen LogP contribution in [0.5, 0.6) is 0 Å². The van der Waals surface area contributed by atoms with Crippen LogP contribution in [0.1, 0.15) is 19.1 Å². The number of nitrogens with zero attached hydrogens (tertiary/aromatic N) is 2. The Kier molecular flexibility index (Phi) is 3.24. The molecular formula is C17H18N2O3. The summed E-state index contributed by atoms with van der Waals surface area (Å²) < 4.78 is 20.2. The zero-order valence-electron chi connectivity index (χ0n) is 12.4. The summed E-state index contributed by atoms with van der Waals surface area (Å²) in [6.45, 7) is 3.22. The fourth-order valence-corrected chi connectivity index (χ4v) is 2.89. The Hall–Kier alpha value is -2.11. The van der Waals surface area contributed by atoms with Gasteiger partial charge in [0.05, 0.1) is 25.6 Å². The van der Waals surface area contributed by atoms with Gasteiger partial charge in [-0.2, -0.15) is 0 Å². The molecule has 3 aromatic rings. The van der Waals surface area contributed by atoms with Gasteiger partial charge in [0.15, 0.2) is 5.76 Å². The summed E-state index contributed by atoms with van der Waals surface area (Å²) in [7, 11) is 0. The van der Waals surface area contributed by atoms with Gasteiger partial charge in [0.2, 0.25) is 5.79 Å². The van der Waals surface area contributed by atoms with Crippen LogP contribution in [0.2, 0.25) is 0 Å². The number of fused-ring (bicyclic) bond motifs is 1. The van der Waals surface area contributed by atoms with E-state index in [0.717, 1.165) is 17.4 Å². The molecule has 5 nitrogen and oxygen atoms in total. The van der Waals surface area contributed by atoms with Gasteiger partial charge in [0.1, 0.15) is 5.58 Å². The number of benzene rings is 1. The highest BCUT2D eigenvalue weighted by atomic mass is 16.7. The first-order chi connectivity index (χ1) is 10.8. The molecule has 5 heteroatoms. The van der Waals surface area contributed by atoms with Crippen LogP contribution in [-0.4, -0.2) is 22.3 Å². The van der Waals surface area contributed by atoms with Gasteiger partial charge < -0.3 is 18.5 Å². The number of para-hydroxylation sites is 1. The number of imidazole rings is 1. The quantitative estimate of drug-likeness (QED) is 0.744. The maximum absolute atomic E-state index is 6.20. The predicted octanol–water partition coefficient (Wildman–Crippen LogP) is 3.31. The topological polar surface area (TPSA) is 49.4 Å². The lowest BCUT2D eigenvalue weighted by Crippen LogP contribution is -2.44. The summed E-state index contributed by atoms with van der Waals surface area (Å²) in [6, 6.07) is 9.94. The van der Waals surface area contributed by atoms with E-state index in [1.54, 1.807) is 12.5 Å². The van der Waals surface area contributed by atoms with Crippen LogP contribution in [0.15, 0.2) is 53.5 Å². The van der Waals surface area contributed by atoms with Crippen LogP contribution in [0.3, 0.4) is 0 Å². The zero-order valence-corrected chi connectivity index (χ0v) is 12.4. The Labute approximate surface area is 128 Å². The third-order valence-corrected chi connectivity index (χ3v) is 4.00. The first-order valence-corrected chi connectivity index (χ1v) is 7.52. The van der Waals surface area contributed by atoms with Crippen molar-refractivity contribution in [1.82, 2.24) is 9.55 Å². The van der Waals surface area contributed by atoms with E-state index >= 15 is 0 Å². The molecule has 2 unspecified atom stereocenters. The molecular weight excluding hydrogens is 280 g/mol. The van der Waals surface area contributed by atoms with E-state index in [0.29, 0.717) is 18.9 Å². The van der Waals surface area contributed by atoms with Crippen molar-refractivity contribution in [3.05, 3.63) is 54.8 Å². The minimum Gasteiger partial charge on any atom is -0.455 e. The van der Waals surface area contributed by atoms with E-state index < -0.39 is 5.79 Å². The summed E-state index contributed by atoms with van der Waals surface area (Å²) in [4.78, 5) is 4.10. The zero-order chi connectivity index (χ0) is 15.0. The Morgan fingerprint density at radius 3 is 3.05 bits per heavy atom. The van der Waals surface area contributed by atoms with E-state index in [2.05, 4.69) is 11.9 Å². The molecule has 0 amide bonds. The smallest absolute Gasteiger partial charge is 0.247 e. The number of rotatable bonds is 3. The van der Waals surface area contributed by atoms with Crippen LogP contribution in [0.25, 0.3) is 11.0 Å². The molecule has 1 aliphatic heterocycles. The molecule has 4 rings (SSSR count). The summed E-state index contributed by atoms with van der Waals surface area (Å²) in [5.41, 5.74) is 0.841. The SMILES string of the molecule is CC1CCOC(Cn2ccnc2)(c2cc3ccccc3o2)O1. The minimum atomic E-state index is -0.905. The van der Waals surface area contributed by atoms with Crippen molar-refractivity contribution in [1.29, 1.82) is 0 Å². The molecule has 0 spiro atoms. The van der Waals surface area contributed by atoms with Gasteiger partial charge in [-0.05, 0) is 25.5 Å². The molecule has 0 N–H and O–H groups in total. The van der Waals surface area contributed by atoms with Crippen molar-refractivity contribution in [2.45, 2.75) is 31.8 Å². The second-order valence-electron chi connectivity index (χ2n) is 5.70. The van der Waals surface area contributed by atoms with Gasteiger partial charge in [-0.25, -0.2) is 4.98 Å². The largest absolute Gasteiger partial charge is 0.455 e. The monoisotopic (exact) mass is 298 g/mol.